The molecule has 0 saturated carbocycles. The summed E-state index contributed by atoms with van der Waals surface area (Å²) in [5, 5.41) is 0. The second kappa shape index (κ2) is 16.7. The van der Waals surface area contributed by atoms with Crippen molar-refractivity contribution >= 4 is 45.7 Å². The van der Waals surface area contributed by atoms with Crippen LogP contribution in [0, 0.1) is 5.41 Å². The van der Waals surface area contributed by atoms with Crippen LogP contribution >= 0.6 is 0 Å². The van der Waals surface area contributed by atoms with Crippen molar-refractivity contribution in [2.45, 2.75) is 131 Å². The van der Waals surface area contributed by atoms with Crippen molar-refractivity contribution in [1.82, 2.24) is 0 Å². The van der Waals surface area contributed by atoms with Gasteiger partial charge in [0, 0.05) is 11.1 Å². The lowest BCUT2D eigenvalue weighted by Crippen LogP contribution is -2.57. The molecule has 0 N–H and O–H groups in total. The molecule has 0 aromatic rings. The minimum atomic E-state index is -2.54. The van der Waals surface area contributed by atoms with Gasteiger partial charge in [-0.3, -0.25) is 0 Å². The van der Waals surface area contributed by atoms with Crippen molar-refractivity contribution in [3.05, 3.63) is 24.3 Å². The summed E-state index contributed by atoms with van der Waals surface area (Å²) in [6.07, 6.45) is 4.56. The van der Waals surface area contributed by atoms with Crippen molar-refractivity contribution in [3.8, 4) is 0 Å². The topological polar surface area (TPSA) is 80.3 Å². The molecule has 0 spiro atoms. The van der Waals surface area contributed by atoms with Crippen LogP contribution in [0.15, 0.2) is 24.3 Å². The molecule has 1 atom stereocenters. The number of carbonyl (C=O) groups is 2. The third-order valence-corrected chi connectivity index (χ3v) is 22.4. The van der Waals surface area contributed by atoms with Crippen molar-refractivity contribution in [3.63, 3.8) is 0 Å². The van der Waals surface area contributed by atoms with Crippen LogP contribution in [0.25, 0.3) is 0 Å². The fourth-order valence-electron chi connectivity index (χ4n) is 4.50. The van der Waals surface area contributed by atoms with E-state index in [2.05, 4.69) is 79.8 Å². The van der Waals surface area contributed by atoms with Crippen LogP contribution in [-0.2, 0) is 31.4 Å². The maximum Gasteiger partial charge on any atom is 0.333 e. The first-order chi connectivity index (χ1) is 18.0. The zero-order chi connectivity index (χ0) is 31.4. The number of rotatable bonds is 20. The first kappa shape index (κ1) is 39.2. The number of carbonyl (C=O) groups excluding carboxylic acids is 2. The zero-order valence-corrected chi connectivity index (χ0v) is 31.8. The standard InChI is InChI=1S/C29H60O7Si4/c1-25(2)27(30)32-20-15-17-22-37(8,9)34-39(12,13)36-40(14,24-19-29(5,6)7)35-38(10,11)23-18-16-21-33-28(31)26(3)4/h1,3,15-24H2,2,4-14H3. The molecule has 0 radical (unpaired) electrons. The molecule has 0 aliphatic heterocycles. The van der Waals surface area contributed by atoms with Gasteiger partial charge < -0.3 is 21.8 Å². The van der Waals surface area contributed by atoms with Crippen LogP contribution in [0.2, 0.25) is 64.0 Å². The van der Waals surface area contributed by atoms with E-state index in [0.29, 0.717) is 24.4 Å². The summed E-state index contributed by atoms with van der Waals surface area (Å²) in [4.78, 5) is 23.2. The van der Waals surface area contributed by atoms with E-state index in [9.17, 15) is 9.59 Å². The third kappa shape index (κ3) is 19.3. The number of hydrogen-bond acceptors (Lipinski definition) is 7. The van der Waals surface area contributed by atoms with Gasteiger partial charge in [0.15, 0.2) is 16.6 Å². The molecule has 0 aromatic heterocycles. The summed E-state index contributed by atoms with van der Waals surface area (Å²) >= 11 is 0. The molecule has 0 aliphatic carbocycles. The molecule has 0 heterocycles. The third-order valence-electron chi connectivity index (χ3n) is 6.31. The van der Waals surface area contributed by atoms with Gasteiger partial charge in [0.1, 0.15) is 0 Å². The summed E-state index contributed by atoms with van der Waals surface area (Å²) in [7, 11) is -9.05. The van der Waals surface area contributed by atoms with Gasteiger partial charge in [-0.25, -0.2) is 9.59 Å². The van der Waals surface area contributed by atoms with Crippen molar-refractivity contribution < 1.29 is 31.4 Å². The lowest BCUT2D eigenvalue weighted by molar-refractivity contribution is -0.139. The average Bonchev–Trinajstić information content (AvgIpc) is 2.74. The van der Waals surface area contributed by atoms with E-state index in [1.165, 1.54) is 0 Å². The quantitative estimate of drug-likeness (QED) is 0.0576. The van der Waals surface area contributed by atoms with E-state index in [1.54, 1.807) is 13.8 Å². The molecule has 11 heteroatoms. The van der Waals surface area contributed by atoms with Crippen molar-refractivity contribution in [2.24, 2.45) is 5.41 Å². The summed E-state index contributed by atoms with van der Waals surface area (Å²) in [6, 6.07) is 2.89. The van der Waals surface area contributed by atoms with E-state index in [1.807, 2.05) is 0 Å². The van der Waals surface area contributed by atoms with E-state index >= 15 is 0 Å². The Balaban J connectivity index is 5.19. The SMILES string of the molecule is C=C(C)C(=O)OCCCC[Si](C)(C)O[Si](C)(C)O[Si](C)(CCC(C)(C)C)O[Si](C)(C)CCCCOC(=O)C(=C)C. The lowest BCUT2D eigenvalue weighted by atomic mass is 9.94. The highest BCUT2D eigenvalue weighted by Gasteiger charge is 2.46. The maximum absolute atomic E-state index is 11.6. The van der Waals surface area contributed by atoms with E-state index < -0.39 is 33.8 Å². The van der Waals surface area contributed by atoms with Crippen LogP contribution in [-0.4, -0.2) is 58.9 Å². The largest absolute Gasteiger partial charge is 0.462 e. The Kier molecular flexibility index (Phi) is 16.4. The van der Waals surface area contributed by atoms with Crippen LogP contribution in [0.1, 0.15) is 66.7 Å². The Morgan fingerprint density at radius 2 is 1.02 bits per heavy atom. The van der Waals surface area contributed by atoms with Gasteiger partial charge >= 0.3 is 29.1 Å². The van der Waals surface area contributed by atoms with Gasteiger partial charge in [0.2, 0.25) is 0 Å². The van der Waals surface area contributed by atoms with E-state index in [0.717, 1.165) is 50.2 Å². The monoisotopic (exact) mass is 632 g/mol. The highest BCUT2D eigenvalue weighted by Crippen LogP contribution is 2.34. The first-order valence-corrected chi connectivity index (χ1v) is 26.3. The van der Waals surface area contributed by atoms with E-state index in [4.69, 9.17) is 21.8 Å². The number of hydrogen-bond donors (Lipinski definition) is 0. The lowest BCUT2D eigenvalue weighted by Gasteiger charge is -2.43. The number of ether oxygens (including phenoxy) is 2. The molecule has 7 nitrogen and oxygen atoms in total. The highest BCUT2D eigenvalue weighted by atomic mass is 28.5. The Hall–Kier alpha value is -0.832. The first-order valence-electron chi connectivity index (χ1n) is 14.7. The van der Waals surface area contributed by atoms with Gasteiger partial charge in [0.25, 0.3) is 0 Å². The minimum Gasteiger partial charge on any atom is -0.462 e. The van der Waals surface area contributed by atoms with Gasteiger partial charge in [-0.1, -0.05) is 46.8 Å². The normalized spacial score (nSPS) is 14.4. The van der Waals surface area contributed by atoms with Gasteiger partial charge in [-0.2, -0.15) is 0 Å². The molecule has 234 valence electrons. The highest BCUT2D eigenvalue weighted by molar-refractivity contribution is 6.89. The molecule has 0 aliphatic rings. The molecule has 0 amide bonds. The Morgan fingerprint density at radius 3 is 1.40 bits per heavy atom. The van der Waals surface area contributed by atoms with Crippen molar-refractivity contribution in [2.75, 3.05) is 13.2 Å². The second-order valence-corrected chi connectivity index (χ2v) is 30.2. The summed E-state index contributed by atoms with van der Waals surface area (Å²) < 4.78 is 31.4. The molecule has 0 bridgehead atoms. The smallest absolute Gasteiger partial charge is 0.333 e. The number of unbranched alkanes of at least 4 members (excludes halogenated alkanes) is 2. The predicted octanol–water partition coefficient (Wildman–Crippen LogP) is 8.46. The van der Waals surface area contributed by atoms with Gasteiger partial charge in [-0.05, 0) is 102 Å². The van der Waals surface area contributed by atoms with Crippen LogP contribution in [0.4, 0.5) is 0 Å². The average molecular weight is 633 g/mol. The van der Waals surface area contributed by atoms with Gasteiger partial charge in [0.05, 0.1) is 13.2 Å². The Labute approximate surface area is 250 Å². The summed E-state index contributed by atoms with van der Waals surface area (Å²) in [5.74, 6) is -0.653. The molecule has 40 heavy (non-hydrogen) atoms. The van der Waals surface area contributed by atoms with Crippen LogP contribution in [0.5, 0.6) is 0 Å². The second-order valence-electron chi connectivity index (χ2n) is 14.2. The number of esters is 2. The maximum atomic E-state index is 11.6. The Bertz CT molecular complexity index is 850. The molecule has 0 fully saturated rings. The Morgan fingerprint density at radius 1 is 0.625 bits per heavy atom. The minimum absolute atomic E-state index is 0.188. The predicted molar refractivity (Wildman–Crippen MR) is 176 cm³/mol. The fourth-order valence-corrected chi connectivity index (χ4v) is 24.8. The molecule has 1 unspecified atom stereocenters. The van der Waals surface area contributed by atoms with Crippen LogP contribution in [0.3, 0.4) is 0 Å². The summed E-state index contributed by atoms with van der Waals surface area (Å²) in [5.41, 5.74) is 1.05. The van der Waals surface area contributed by atoms with Crippen molar-refractivity contribution in [1.29, 1.82) is 0 Å². The van der Waals surface area contributed by atoms with Crippen LogP contribution < -0.4 is 0 Å². The van der Waals surface area contributed by atoms with E-state index in [-0.39, 0.29) is 17.4 Å². The molecule has 0 aromatic carbocycles. The molecule has 0 saturated heterocycles. The zero-order valence-electron chi connectivity index (χ0n) is 27.8. The molecular formula is C29H60O7Si4. The summed E-state index contributed by atoms with van der Waals surface area (Å²) in [6.45, 7) is 33.8. The molecular weight excluding hydrogens is 573 g/mol. The van der Waals surface area contributed by atoms with Gasteiger partial charge in [-0.15, -0.1) is 0 Å². The fraction of sp³-hybridized carbons (Fsp3) is 0.793. The molecule has 0 rings (SSSR count).